The van der Waals surface area contributed by atoms with Gasteiger partial charge in [-0.15, -0.1) is 0 Å². The molecule has 0 spiro atoms. The van der Waals surface area contributed by atoms with Gasteiger partial charge in [-0.05, 0) is 54.1 Å². The molecule has 2 aromatic rings. The van der Waals surface area contributed by atoms with E-state index in [1.165, 1.54) is 24.7 Å². The standard InChI is InChI=1S/C22H28O4/c1-21(2)10-6-11-22(3)15(21)8-7-13-16-14(9-12-26-20(16)23)18(24-4)19(25-5)17(13)22/h9,12,15H,6-8,10-11H2,1-5H3/t15-,22-/m0/s1. The van der Waals surface area contributed by atoms with E-state index in [0.29, 0.717) is 17.1 Å². The summed E-state index contributed by atoms with van der Waals surface area (Å²) < 4.78 is 16.9. The van der Waals surface area contributed by atoms with E-state index in [9.17, 15) is 4.79 Å². The quantitative estimate of drug-likeness (QED) is 0.772. The summed E-state index contributed by atoms with van der Waals surface area (Å²) in [5.74, 6) is 2.01. The second-order valence-corrected chi connectivity index (χ2v) is 8.77. The first-order valence-electron chi connectivity index (χ1n) is 9.54. The molecule has 0 amide bonds. The van der Waals surface area contributed by atoms with Gasteiger partial charge in [0.15, 0.2) is 11.5 Å². The average molecular weight is 356 g/mol. The lowest BCUT2D eigenvalue weighted by atomic mass is 9.50. The zero-order valence-corrected chi connectivity index (χ0v) is 16.4. The van der Waals surface area contributed by atoms with Crippen molar-refractivity contribution in [3.8, 4) is 11.5 Å². The Hall–Kier alpha value is -1.97. The lowest BCUT2D eigenvalue weighted by molar-refractivity contribution is 0.0392. The fourth-order valence-electron chi connectivity index (χ4n) is 6.06. The molecule has 26 heavy (non-hydrogen) atoms. The summed E-state index contributed by atoms with van der Waals surface area (Å²) >= 11 is 0. The van der Waals surface area contributed by atoms with E-state index in [1.54, 1.807) is 14.2 Å². The minimum atomic E-state index is -0.281. The van der Waals surface area contributed by atoms with E-state index in [-0.39, 0.29) is 16.5 Å². The van der Waals surface area contributed by atoms with Gasteiger partial charge in [0, 0.05) is 10.9 Å². The lowest BCUT2D eigenvalue weighted by Crippen LogP contribution is -2.48. The number of ether oxygens (including phenoxy) is 2. The molecule has 2 aliphatic rings. The number of aryl methyl sites for hydroxylation is 1. The monoisotopic (exact) mass is 356 g/mol. The first kappa shape index (κ1) is 17.4. The van der Waals surface area contributed by atoms with E-state index in [0.717, 1.165) is 36.0 Å². The van der Waals surface area contributed by atoms with Crippen LogP contribution < -0.4 is 15.1 Å². The Morgan fingerprint density at radius 2 is 1.85 bits per heavy atom. The number of fused-ring (bicyclic) bond motifs is 5. The highest BCUT2D eigenvalue weighted by atomic mass is 16.5. The van der Waals surface area contributed by atoms with Crippen molar-refractivity contribution in [2.24, 2.45) is 11.3 Å². The zero-order valence-electron chi connectivity index (χ0n) is 16.4. The normalized spacial score (nSPS) is 26.9. The number of methoxy groups -OCH3 is 2. The Balaban J connectivity index is 2.14. The molecule has 1 heterocycles. The highest BCUT2D eigenvalue weighted by Crippen LogP contribution is 2.61. The highest BCUT2D eigenvalue weighted by molar-refractivity contribution is 5.94. The molecule has 1 fully saturated rings. The highest BCUT2D eigenvalue weighted by Gasteiger charge is 2.52. The second-order valence-electron chi connectivity index (χ2n) is 8.77. The van der Waals surface area contributed by atoms with Crippen LogP contribution >= 0.6 is 0 Å². The van der Waals surface area contributed by atoms with Crippen LogP contribution in [0.5, 0.6) is 11.5 Å². The molecule has 4 rings (SSSR count). The van der Waals surface area contributed by atoms with Crippen LogP contribution in [0.15, 0.2) is 21.5 Å². The van der Waals surface area contributed by atoms with Gasteiger partial charge in [-0.3, -0.25) is 0 Å². The third kappa shape index (κ3) is 2.17. The van der Waals surface area contributed by atoms with Crippen molar-refractivity contribution in [3.63, 3.8) is 0 Å². The first-order valence-corrected chi connectivity index (χ1v) is 9.54. The van der Waals surface area contributed by atoms with Gasteiger partial charge in [0.05, 0.1) is 25.9 Å². The zero-order chi connectivity index (χ0) is 18.7. The van der Waals surface area contributed by atoms with Crippen molar-refractivity contribution in [1.29, 1.82) is 0 Å². The van der Waals surface area contributed by atoms with Crippen molar-refractivity contribution < 1.29 is 13.9 Å². The summed E-state index contributed by atoms with van der Waals surface area (Å²) in [5, 5.41) is 1.46. The van der Waals surface area contributed by atoms with Gasteiger partial charge in [0.2, 0.25) is 0 Å². The van der Waals surface area contributed by atoms with E-state index in [2.05, 4.69) is 20.8 Å². The molecule has 4 heteroatoms. The van der Waals surface area contributed by atoms with E-state index < -0.39 is 0 Å². The molecule has 0 N–H and O–H groups in total. The van der Waals surface area contributed by atoms with E-state index in [4.69, 9.17) is 13.9 Å². The Morgan fingerprint density at radius 3 is 2.54 bits per heavy atom. The molecule has 0 saturated heterocycles. The van der Waals surface area contributed by atoms with Crippen molar-refractivity contribution in [2.75, 3.05) is 14.2 Å². The van der Waals surface area contributed by atoms with Gasteiger partial charge in [-0.1, -0.05) is 27.2 Å². The molecule has 0 radical (unpaired) electrons. The maximum absolute atomic E-state index is 12.6. The summed E-state index contributed by atoms with van der Waals surface area (Å²) in [7, 11) is 3.35. The van der Waals surface area contributed by atoms with Gasteiger partial charge in [-0.25, -0.2) is 4.79 Å². The van der Waals surface area contributed by atoms with Crippen LogP contribution in [-0.4, -0.2) is 14.2 Å². The third-order valence-corrected chi connectivity index (χ3v) is 7.06. The molecule has 0 bridgehead atoms. The number of hydrogen-bond donors (Lipinski definition) is 0. The van der Waals surface area contributed by atoms with Crippen LogP contribution in [-0.2, 0) is 11.8 Å². The topological polar surface area (TPSA) is 48.7 Å². The number of hydrogen-bond acceptors (Lipinski definition) is 4. The third-order valence-electron chi connectivity index (χ3n) is 7.06. The Bertz CT molecular complexity index is 924. The molecular weight excluding hydrogens is 328 g/mol. The Labute approximate surface area is 154 Å². The van der Waals surface area contributed by atoms with Crippen LogP contribution in [0.2, 0.25) is 0 Å². The molecule has 0 aliphatic heterocycles. The van der Waals surface area contributed by atoms with Gasteiger partial charge < -0.3 is 13.9 Å². The largest absolute Gasteiger partial charge is 0.493 e. The Morgan fingerprint density at radius 1 is 1.12 bits per heavy atom. The van der Waals surface area contributed by atoms with Crippen molar-refractivity contribution in [1.82, 2.24) is 0 Å². The maximum atomic E-state index is 12.6. The van der Waals surface area contributed by atoms with Crippen LogP contribution in [0.3, 0.4) is 0 Å². The molecule has 4 nitrogen and oxygen atoms in total. The van der Waals surface area contributed by atoms with Gasteiger partial charge in [-0.2, -0.15) is 0 Å². The molecule has 140 valence electrons. The van der Waals surface area contributed by atoms with Gasteiger partial charge in [0.25, 0.3) is 0 Å². The summed E-state index contributed by atoms with van der Waals surface area (Å²) in [6.45, 7) is 7.13. The molecule has 1 saturated carbocycles. The Kier molecular flexibility index (Phi) is 3.87. The summed E-state index contributed by atoms with van der Waals surface area (Å²) in [5.41, 5.74) is 2.25. The summed E-state index contributed by atoms with van der Waals surface area (Å²) in [6, 6.07) is 1.82. The van der Waals surface area contributed by atoms with Crippen LogP contribution in [0.25, 0.3) is 10.8 Å². The molecular formula is C22H28O4. The van der Waals surface area contributed by atoms with E-state index in [1.807, 2.05) is 6.07 Å². The smallest absolute Gasteiger partial charge is 0.343 e. The SMILES string of the molecule is COc1c2c(c3c(=O)occc3c1OC)CC[C@H]1C(C)(C)CCC[C@]21C. The molecule has 0 unspecified atom stereocenters. The molecule has 2 atom stereocenters. The van der Waals surface area contributed by atoms with Crippen molar-refractivity contribution in [2.45, 2.75) is 58.3 Å². The minimum Gasteiger partial charge on any atom is -0.493 e. The van der Waals surface area contributed by atoms with Crippen LogP contribution in [0.1, 0.15) is 57.6 Å². The molecule has 1 aromatic carbocycles. The molecule has 1 aromatic heterocycles. The fourth-order valence-corrected chi connectivity index (χ4v) is 6.06. The van der Waals surface area contributed by atoms with Crippen LogP contribution in [0.4, 0.5) is 0 Å². The summed E-state index contributed by atoms with van der Waals surface area (Å²) in [6.07, 6.45) is 6.96. The lowest BCUT2D eigenvalue weighted by Gasteiger charge is -2.54. The van der Waals surface area contributed by atoms with Crippen molar-refractivity contribution in [3.05, 3.63) is 33.9 Å². The fraction of sp³-hybridized carbons (Fsp3) is 0.591. The van der Waals surface area contributed by atoms with Gasteiger partial charge in [0.1, 0.15) is 0 Å². The van der Waals surface area contributed by atoms with Crippen LogP contribution in [0, 0.1) is 11.3 Å². The maximum Gasteiger partial charge on any atom is 0.343 e. The number of benzene rings is 1. The first-order chi connectivity index (χ1) is 12.3. The minimum absolute atomic E-state index is 0.0234. The predicted octanol–water partition coefficient (Wildman–Crippen LogP) is 4.84. The number of rotatable bonds is 2. The predicted molar refractivity (Wildman–Crippen MR) is 102 cm³/mol. The molecule has 2 aliphatic carbocycles. The van der Waals surface area contributed by atoms with Crippen molar-refractivity contribution >= 4 is 10.8 Å². The second kappa shape index (κ2) is 5.77. The van der Waals surface area contributed by atoms with E-state index >= 15 is 0 Å². The van der Waals surface area contributed by atoms with Gasteiger partial charge >= 0.3 is 5.63 Å². The summed E-state index contributed by atoms with van der Waals surface area (Å²) in [4.78, 5) is 12.6. The average Bonchev–Trinajstić information content (AvgIpc) is 2.59.